The van der Waals surface area contributed by atoms with Gasteiger partial charge in [0.05, 0.1) is 6.04 Å². The van der Waals surface area contributed by atoms with Gasteiger partial charge >= 0.3 is 0 Å². The molecule has 98 valence electrons. The van der Waals surface area contributed by atoms with Crippen LogP contribution in [0.3, 0.4) is 0 Å². The molecule has 2 N–H and O–H groups in total. The van der Waals surface area contributed by atoms with Crippen LogP contribution in [-0.4, -0.2) is 16.0 Å². The minimum absolute atomic E-state index is 0.204. The van der Waals surface area contributed by atoms with Gasteiger partial charge in [-0.05, 0) is 12.1 Å². The average Bonchev–Trinajstić information content (AvgIpc) is 3.01. The number of aryl methyl sites for hydroxylation is 1. The highest BCUT2D eigenvalue weighted by atomic mass is 32.2. The Balaban J connectivity index is 1.71. The molecule has 1 atom stereocenters. The molecule has 0 saturated carbocycles. The number of benzene rings is 1. The van der Waals surface area contributed by atoms with Crippen LogP contribution in [0.25, 0.3) is 11.0 Å². The SMILES string of the molecule is Cc1nnc(SCC(N)c2cc3ccccc3o2)o1. The Kier molecular flexibility index (Phi) is 3.27. The largest absolute Gasteiger partial charge is 0.459 e. The molecule has 0 aliphatic heterocycles. The lowest BCUT2D eigenvalue weighted by atomic mass is 10.2. The van der Waals surface area contributed by atoms with Gasteiger partial charge in [0.1, 0.15) is 11.3 Å². The fourth-order valence-electron chi connectivity index (χ4n) is 1.77. The van der Waals surface area contributed by atoms with E-state index >= 15 is 0 Å². The molecule has 0 bridgehead atoms. The van der Waals surface area contributed by atoms with Crippen molar-refractivity contribution in [1.29, 1.82) is 0 Å². The van der Waals surface area contributed by atoms with E-state index in [1.165, 1.54) is 11.8 Å². The molecule has 0 fully saturated rings. The summed E-state index contributed by atoms with van der Waals surface area (Å²) in [6.45, 7) is 1.76. The Morgan fingerprint density at radius 3 is 2.84 bits per heavy atom. The van der Waals surface area contributed by atoms with Gasteiger partial charge in [0.25, 0.3) is 5.22 Å². The molecule has 0 aliphatic carbocycles. The van der Waals surface area contributed by atoms with E-state index < -0.39 is 0 Å². The molecule has 3 rings (SSSR count). The quantitative estimate of drug-likeness (QED) is 0.738. The van der Waals surface area contributed by atoms with Crippen LogP contribution >= 0.6 is 11.8 Å². The van der Waals surface area contributed by atoms with Crippen LogP contribution < -0.4 is 5.73 Å². The molecule has 6 heteroatoms. The van der Waals surface area contributed by atoms with Gasteiger partial charge in [0.15, 0.2) is 0 Å². The monoisotopic (exact) mass is 275 g/mol. The van der Waals surface area contributed by atoms with Gasteiger partial charge in [0.2, 0.25) is 5.89 Å². The van der Waals surface area contributed by atoms with Gasteiger partial charge in [0, 0.05) is 18.1 Å². The Bertz CT molecular complexity index is 659. The van der Waals surface area contributed by atoms with Crippen LogP contribution in [0, 0.1) is 6.92 Å². The van der Waals surface area contributed by atoms with Crippen molar-refractivity contribution in [2.24, 2.45) is 5.73 Å². The van der Waals surface area contributed by atoms with Crippen LogP contribution in [-0.2, 0) is 0 Å². The Labute approximate surface area is 114 Å². The number of aromatic nitrogens is 2. The lowest BCUT2D eigenvalue weighted by Crippen LogP contribution is -2.11. The van der Waals surface area contributed by atoms with E-state index in [1.807, 2.05) is 30.3 Å². The zero-order valence-electron chi connectivity index (χ0n) is 10.4. The summed E-state index contributed by atoms with van der Waals surface area (Å²) in [4.78, 5) is 0. The Morgan fingerprint density at radius 1 is 1.26 bits per heavy atom. The third kappa shape index (κ3) is 2.64. The highest BCUT2D eigenvalue weighted by Gasteiger charge is 2.14. The fourth-order valence-corrected chi connectivity index (χ4v) is 2.53. The number of rotatable bonds is 4. The van der Waals surface area contributed by atoms with Gasteiger partial charge in [-0.2, -0.15) is 0 Å². The lowest BCUT2D eigenvalue weighted by Gasteiger charge is -2.05. The third-order valence-electron chi connectivity index (χ3n) is 2.70. The summed E-state index contributed by atoms with van der Waals surface area (Å²) < 4.78 is 11.0. The van der Waals surface area contributed by atoms with E-state index in [0.717, 1.165) is 16.7 Å². The van der Waals surface area contributed by atoms with Crippen LogP contribution in [0.1, 0.15) is 17.7 Å². The van der Waals surface area contributed by atoms with Gasteiger partial charge < -0.3 is 14.6 Å². The number of para-hydroxylation sites is 1. The second-order valence-electron chi connectivity index (χ2n) is 4.19. The maximum Gasteiger partial charge on any atom is 0.276 e. The second-order valence-corrected chi connectivity index (χ2v) is 5.16. The minimum Gasteiger partial charge on any atom is -0.459 e. The number of fused-ring (bicyclic) bond motifs is 1. The minimum atomic E-state index is -0.204. The maximum atomic E-state index is 6.11. The zero-order chi connectivity index (χ0) is 13.2. The molecule has 3 aromatic rings. The summed E-state index contributed by atoms with van der Waals surface area (Å²) in [7, 11) is 0. The molecule has 2 heterocycles. The number of nitrogens with two attached hydrogens (primary N) is 1. The van der Waals surface area contributed by atoms with Crippen molar-refractivity contribution >= 4 is 22.7 Å². The highest BCUT2D eigenvalue weighted by molar-refractivity contribution is 7.99. The molecule has 0 aliphatic rings. The van der Waals surface area contributed by atoms with E-state index in [0.29, 0.717) is 16.9 Å². The molecule has 1 aromatic carbocycles. The maximum absolute atomic E-state index is 6.11. The third-order valence-corrected chi connectivity index (χ3v) is 3.64. The Morgan fingerprint density at radius 2 is 2.11 bits per heavy atom. The van der Waals surface area contributed by atoms with Crippen molar-refractivity contribution in [3.63, 3.8) is 0 Å². The number of hydrogen-bond acceptors (Lipinski definition) is 6. The summed E-state index contributed by atoms with van der Waals surface area (Å²) in [5, 5.41) is 9.28. The van der Waals surface area contributed by atoms with Crippen molar-refractivity contribution in [3.05, 3.63) is 42.0 Å². The first-order valence-electron chi connectivity index (χ1n) is 5.89. The predicted octanol–water partition coefficient (Wildman–Crippen LogP) is 2.92. The molecule has 0 radical (unpaired) electrons. The van der Waals surface area contributed by atoms with Crippen LogP contribution in [0.4, 0.5) is 0 Å². The lowest BCUT2D eigenvalue weighted by molar-refractivity contribution is 0.428. The first-order valence-corrected chi connectivity index (χ1v) is 6.88. The number of thioether (sulfide) groups is 1. The van der Waals surface area contributed by atoms with Gasteiger partial charge in [-0.3, -0.25) is 0 Å². The molecule has 1 unspecified atom stereocenters. The number of hydrogen-bond donors (Lipinski definition) is 1. The molecular formula is C13H13N3O2S. The summed E-state index contributed by atoms with van der Waals surface area (Å²) in [5.41, 5.74) is 6.96. The Hall–Kier alpha value is -1.79. The molecule has 0 spiro atoms. The number of furan rings is 1. The molecular weight excluding hydrogens is 262 g/mol. The number of nitrogens with zero attached hydrogens (tertiary/aromatic N) is 2. The predicted molar refractivity (Wildman–Crippen MR) is 72.9 cm³/mol. The average molecular weight is 275 g/mol. The first-order chi connectivity index (χ1) is 9.22. The summed E-state index contributed by atoms with van der Waals surface area (Å²) in [6.07, 6.45) is 0. The zero-order valence-corrected chi connectivity index (χ0v) is 11.2. The molecule has 0 saturated heterocycles. The van der Waals surface area contributed by atoms with Gasteiger partial charge in [-0.1, -0.05) is 30.0 Å². The fraction of sp³-hybridized carbons (Fsp3) is 0.231. The van der Waals surface area contributed by atoms with E-state index in [2.05, 4.69) is 10.2 Å². The van der Waals surface area contributed by atoms with Crippen LogP contribution in [0.15, 0.2) is 44.4 Å². The van der Waals surface area contributed by atoms with Crippen molar-refractivity contribution in [2.45, 2.75) is 18.2 Å². The molecule has 5 nitrogen and oxygen atoms in total. The topological polar surface area (TPSA) is 78.1 Å². The summed E-state index contributed by atoms with van der Waals surface area (Å²) >= 11 is 1.43. The van der Waals surface area contributed by atoms with Crippen molar-refractivity contribution in [1.82, 2.24) is 10.2 Å². The van der Waals surface area contributed by atoms with E-state index in [4.69, 9.17) is 14.6 Å². The van der Waals surface area contributed by atoms with Crippen molar-refractivity contribution in [3.8, 4) is 0 Å². The molecule has 0 amide bonds. The van der Waals surface area contributed by atoms with E-state index in [-0.39, 0.29) is 6.04 Å². The highest BCUT2D eigenvalue weighted by Crippen LogP contribution is 2.26. The second kappa shape index (κ2) is 5.07. The smallest absolute Gasteiger partial charge is 0.276 e. The first kappa shape index (κ1) is 12.3. The standard InChI is InChI=1S/C13H13N3O2S/c1-8-15-16-13(17-8)19-7-10(14)12-6-9-4-2-3-5-11(9)18-12/h2-6,10H,7,14H2,1H3. The molecule has 2 aromatic heterocycles. The van der Waals surface area contributed by atoms with Crippen LogP contribution in [0.2, 0.25) is 0 Å². The molecule has 19 heavy (non-hydrogen) atoms. The summed E-state index contributed by atoms with van der Waals surface area (Å²) in [5.74, 6) is 1.95. The van der Waals surface area contributed by atoms with E-state index in [1.54, 1.807) is 6.92 Å². The van der Waals surface area contributed by atoms with Crippen molar-refractivity contribution < 1.29 is 8.83 Å². The summed E-state index contributed by atoms with van der Waals surface area (Å²) in [6, 6.07) is 9.62. The van der Waals surface area contributed by atoms with E-state index in [9.17, 15) is 0 Å². The van der Waals surface area contributed by atoms with Gasteiger partial charge in [-0.15, -0.1) is 10.2 Å². The van der Waals surface area contributed by atoms with Gasteiger partial charge in [-0.25, -0.2) is 0 Å². The van der Waals surface area contributed by atoms with Crippen molar-refractivity contribution in [2.75, 3.05) is 5.75 Å². The normalized spacial score (nSPS) is 12.9. The van der Waals surface area contributed by atoms with Crippen LogP contribution in [0.5, 0.6) is 0 Å².